The summed E-state index contributed by atoms with van der Waals surface area (Å²) in [6.45, 7) is 1.42. The Labute approximate surface area is 144 Å². The van der Waals surface area contributed by atoms with E-state index in [2.05, 4.69) is 10.0 Å². The van der Waals surface area contributed by atoms with Crippen LogP contribution in [0.25, 0.3) is 0 Å². The summed E-state index contributed by atoms with van der Waals surface area (Å²) in [4.78, 5) is 11.0. The van der Waals surface area contributed by atoms with Gasteiger partial charge < -0.3 is 5.32 Å². The van der Waals surface area contributed by atoms with Crippen molar-refractivity contribution in [3.05, 3.63) is 58.1 Å². The summed E-state index contributed by atoms with van der Waals surface area (Å²) in [6, 6.07) is 10.7. The number of halogens is 2. The highest BCUT2D eigenvalue weighted by Gasteiger charge is 2.14. The summed E-state index contributed by atoms with van der Waals surface area (Å²) < 4.78 is 27.0. The standard InChI is InChI=1S/C15H14Cl2N2O3S/c1-10(20)19-13-4-6-14(7-5-13)23(21,22)18-9-11-2-3-12(16)8-15(11)17/h2-8,18H,9H2,1H3,(H,19,20). The van der Waals surface area contributed by atoms with E-state index in [0.29, 0.717) is 21.3 Å². The number of benzene rings is 2. The van der Waals surface area contributed by atoms with Crippen LogP contribution in [-0.4, -0.2) is 14.3 Å². The molecular weight excluding hydrogens is 359 g/mol. The van der Waals surface area contributed by atoms with Crippen LogP contribution in [0.15, 0.2) is 47.4 Å². The lowest BCUT2D eigenvalue weighted by Crippen LogP contribution is -2.23. The van der Waals surface area contributed by atoms with Gasteiger partial charge in [-0.15, -0.1) is 0 Å². The number of rotatable bonds is 5. The van der Waals surface area contributed by atoms with Crippen molar-refractivity contribution in [2.24, 2.45) is 0 Å². The Bertz CT molecular complexity index is 821. The van der Waals surface area contributed by atoms with Gasteiger partial charge in [-0.3, -0.25) is 4.79 Å². The van der Waals surface area contributed by atoms with Crippen LogP contribution in [-0.2, 0) is 21.4 Å². The van der Waals surface area contributed by atoms with E-state index in [9.17, 15) is 13.2 Å². The minimum Gasteiger partial charge on any atom is -0.326 e. The molecule has 2 N–H and O–H groups in total. The second-order valence-electron chi connectivity index (χ2n) is 4.77. The van der Waals surface area contributed by atoms with Crippen molar-refractivity contribution in [1.29, 1.82) is 0 Å². The molecule has 0 aliphatic rings. The van der Waals surface area contributed by atoms with Crippen LogP contribution in [0.5, 0.6) is 0 Å². The van der Waals surface area contributed by atoms with Crippen LogP contribution in [0.2, 0.25) is 10.0 Å². The molecule has 1 amide bonds. The maximum Gasteiger partial charge on any atom is 0.240 e. The predicted molar refractivity (Wildman–Crippen MR) is 91.2 cm³/mol. The Hall–Kier alpha value is -1.60. The molecule has 2 aromatic carbocycles. The Balaban J connectivity index is 2.10. The molecule has 0 atom stereocenters. The second kappa shape index (κ2) is 7.31. The van der Waals surface area contributed by atoms with E-state index in [1.807, 2.05) is 0 Å². The first-order chi connectivity index (χ1) is 10.8. The molecule has 122 valence electrons. The fourth-order valence-corrected chi connectivity index (χ4v) is 3.32. The summed E-state index contributed by atoms with van der Waals surface area (Å²) in [6.07, 6.45) is 0. The molecule has 0 bridgehead atoms. The fraction of sp³-hybridized carbons (Fsp3) is 0.133. The van der Waals surface area contributed by atoms with Crippen molar-refractivity contribution in [2.45, 2.75) is 18.4 Å². The molecule has 0 fully saturated rings. The van der Waals surface area contributed by atoms with Crippen molar-refractivity contribution in [3.8, 4) is 0 Å². The first-order valence-corrected chi connectivity index (χ1v) is 8.83. The molecule has 2 aromatic rings. The van der Waals surface area contributed by atoms with Crippen molar-refractivity contribution in [3.63, 3.8) is 0 Å². The molecule has 0 aliphatic carbocycles. The molecule has 2 rings (SSSR count). The Morgan fingerprint density at radius 1 is 1.09 bits per heavy atom. The van der Waals surface area contributed by atoms with Gasteiger partial charge in [0.2, 0.25) is 15.9 Å². The van der Waals surface area contributed by atoms with E-state index in [4.69, 9.17) is 23.2 Å². The Morgan fingerprint density at radius 3 is 2.30 bits per heavy atom. The summed E-state index contributed by atoms with van der Waals surface area (Å²) >= 11 is 11.8. The van der Waals surface area contributed by atoms with Gasteiger partial charge in [-0.05, 0) is 42.0 Å². The summed E-state index contributed by atoms with van der Waals surface area (Å²) in [5, 5.41) is 3.44. The number of hydrogen-bond acceptors (Lipinski definition) is 3. The van der Waals surface area contributed by atoms with E-state index in [1.54, 1.807) is 18.2 Å². The van der Waals surface area contributed by atoms with Crippen LogP contribution < -0.4 is 10.0 Å². The van der Waals surface area contributed by atoms with E-state index >= 15 is 0 Å². The number of carbonyl (C=O) groups is 1. The summed E-state index contributed by atoms with van der Waals surface area (Å²) in [7, 11) is -3.68. The van der Waals surface area contributed by atoms with Crippen LogP contribution in [0.3, 0.4) is 0 Å². The van der Waals surface area contributed by atoms with E-state index in [1.165, 1.54) is 31.2 Å². The van der Waals surface area contributed by atoms with Crippen LogP contribution in [0.4, 0.5) is 5.69 Å². The summed E-state index contributed by atoms with van der Waals surface area (Å²) in [5.41, 5.74) is 1.15. The van der Waals surface area contributed by atoms with E-state index in [-0.39, 0.29) is 17.3 Å². The molecule has 0 saturated heterocycles. The molecule has 5 nitrogen and oxygen atoms in total. The third-order valence-electron chi connectivity index (χ3n) is 2.95. The van der Waals surface area contributed by atoms with Gasteiger partial charge in [0.1, 0.15) is 0 Å². The lowest BCUT2D eigenvalue weighted by atomic mass is 10.2. The molecule has 0 saturated carbocycles. The molecule has 0 heterocycles. The average molecular weight is 373 g/mol. The fourth-order valence-electron chi connectivity index (χ4n) is 1.84. The maximum atomic E-state index is 12.2. The lowest BCUT2D eigenvalue weighted by molar-refractivity contribution is -0.114. The molecular formula is C15H14Cl2N2O3S. The van der Waals surface area contributed by atoms with Gasteiger partial charge in [0.05, 0.1) is 4.90 Å². The molecule has 0 aromatic heterocycles. The highest BCUT2D eigenvalue weighted by atomic mass is 35.5. The number of sulfonamides is 1. The SMILES string of the molecule is CC(=O)Nc1ccc(S(=O)(=O)NCc2ccc(Cl)cc2Cl)cc1. The third kappa shape index (κ3) is 4.94. The van der Waals surface area contributed by atoms with Crippen LogP contribution in [0.1, 0.15) is 12.5 Å². The van der Waals surface area contributed by atoms with Crippen molar-refractivity contribution >= 4 is 44.8 Å². The smallest absolute Gasteiger partial charge is 0.240 e. The van der Waals surface area contributed by atoms with Crippen molar-refractivity contribution in [2.75, 3.05) is 5.32 Å². The number of anilines is 1. The van der Waals surface area contributed by atoms with Gasteiger partial charge in [0.25, 0.3) is 0 Å². The molecule has 0 unspecified atom stereocenters. The normalized spacial score (nSPS) is 11.3. The lowest BCUT2D eigenvalue weighted by Gasteiger charge is -2.09. The van der Waals surface area contributed by atoms with Gasteiger partial charge in [-0.25, -0.2) is 13.1 Å². The molecule has 0 spiro atoms. The monoisotopic (exact) mass is 372 g/mol. The zero-order valence-electron chi connectivity index (χ0n) is 12.1. The number of nitrogens with one attached hydrogen (secondary N) is 2. The molecule has 8 heteroatoms. The third-order valence-corrected chi connectivity index (χ3v) is 4.96. The maximum absolute atomic E-state index is 12.2. The van der Waals surface area contributed by atoms with Gasteiger partial charge >= 0.3 is 0 Å². The van der Waals surface area contributed by atoms with Crippen LogP contribution in [0, 0.1) is 0 Å². The zero-order valence-corrected chi connectivity index (χ0v) is 14.5. The Kier molecular flexibility index (Phi) is 5.64. The molecule has 0 radical (unpaired) electrons. The minimum absolute atomic E-state index is 0.0474. The highest BCUT2D eigenvalue weighted by molar-refractivity contribution is 7.89. The van der Waals surface area contributed by atoms with E-state index < -0.39 is 10.0 Å². The van der Waals surface area contributed by atoms with Crippen LogP contribution >= 0.6 is 23.2 Å². The topological polar surface area (TPSA) is 75.3 Å². The van der Waals surface area contributed by atoms with Gasteiger partial charge in [-0.1, -0.05) is 29.3 Å². The van der Waals surface area contributed by atoms with Gasteiger partial charge in [0, 0.05) is 29.2 Å². The second-order valence-corrected chi connectivity index (χ2v) is 7.38. The highest BCUT2D eigenvalue weighted by Crippen LogP contribution is 2.21. The average Bonchev–Trinajstić information content (AvgIpc) is 2.46. The minimum atomic E-state index is -3.68. The van der Waals surface area contributed by atoms with Gasteiger partial charge in [0.15, 0.2) is 0 Å². The molecule has 0 aliphatic heterocycles. The van der Waals surface area contributed by atoms with E-state index in [0.717, 1.165) is 0 Å². The largest absolute Gasteiger partial charge is 0.326 e. The van der Waals surface area contributed by atoms with Gasteiger partial charge in [-0.2, -0.15) is 0 Å². The quantitative estimate of drug-likeness (QED) is 0.843. The predicted octanol–water partition coefficient (Wildman–Crippen LogP) is 3.43. The number of amides is 1. The van der Waals surface area contributed by atoms with Crippen molar-refractivity contribution < 1.29 is 13.2 Å². The first-order valence-electron chi connectivity index (χ1n) is 6.59. The number of hydrogen-bond donors (Lipinski definition) is 2. The molecule has 23 heavy (non-hydrogen) atoms. The zero-order chi connectivity index (χ0) is 17.0. The number of carbonyl (C=O) groups excluding carboxylic acids is 1. The summed E-state index contributed by atoms with van der Waals surface area (Å²) in [5.74, 6) is -0.226. The van der Waals surface area contributed by atoms with Crippen molar-refractivity contribution in [1.82, 2.24) is 4.72 Å². The first kappa shape index (κ1) is 17.7. The Morgan fingerprint density at radius 2 is 1.74 bits per heavy atom.